The lowest BCUT2D eigenvalue weighted by Gasteiger charge is -2.30. The van der Waals surface area contributed by atoms with E-state index in [0.717, 1.165) is 12.0 Å². The second-order valence-corrected chi connectivity index (χ2v) is 6.47. The maximum Gasteiger partial charge on any atom is 0.338 e. The molecule has 1 unspecified atom stereocenters. The van der Waals surface area contributed by atoms with E-state index in [1.54, 1.807) is 33.1 Å². The fourth-order valence-corrected chi connectivity index (χ4v) is 2.97. The van der Waals surface area contributed by atoms with Crippen LogP contribution in [0, 0.1) is 0 Å². The predicted octanol–water partition coefficient (Wildman–Crippen LogP) is 3.45. The van der Waals surface area contributed by atoms with Gasteiger partial charge in [0.2, 0.25) is 0 Å². The molecule has 2 amide bonds. The van der Waals surface area contributed by atoms with Crippen molar-refractivity contribution < 1.29 is 23.8 Å². The van der Waals surface area contributed by atoms with Crippen molar-refractivity contribution in [2.45, 2.75) is 52.7 Å². The zero-order chi connectivity index (χ0) is 20.0. The topological polar surface area (TPSA) is 85.9 Å². The van der Waals surface area contributed by atoms with E-state index in [2.05, 4.69) is 10.6 Å². The van der Waals surface area contributed by atoms with Crippen LogP contribution in [0.1, 0.15) is 52.1 Å². The molecule has 2 N–H and O–H groups in total. The summed E-state index contributed by atoms with van der Waals surface area (Å²) >= 11 is 0. The van der Waals surface area contributed by atoms with Crippen LogP contribution in [0.2, 0.25) is 0 Å². The van der Waals surface area contributed by atoms with Gasteiger partial charge in [0.05, 0.1) is 31.4 Å². The second-order valence-electron chi connectivity index (χ2n) is 6.47. The number of carbonyl (C=O) groups excluding carboxylic acids is 2. The predicted molar refractivity (Wildman–Crippen MR) is 102 cm³/mol. The van der Waals surface area contributed by atoms with Gasteiger partial charge in [0.1, 0.15) is 0 Å². The summed E-state index contributed by atoms with van der Waals surface area (Å²) in [7, 11) is 1.55. The third-order valence-electron chi connectivity index (χ3n) is 4.04. The van der Waals surface area contributed by atoms with E-state index >= 15 is 0 Å². The van der Waals surface area contributed by atoms with Crippen molar-refractivity contribution in [2.75, 3.05) is 13.7 Å². The SMILES string of the molecule is CCCC1=C(C(=O)OC(C)C)C(c2ccc(OCC)c(OC)c2)NC(=O)N1. The molecule has 0 saturated carbocycles. The Morgan fingerprint density at radius 1 is 1.22 bits per heavy atom. The number of esters is 1. The summed E-state index contributed by atoms with van der Waals surface area (Å²) in [6.07, 6.45) is 1.09. The van der Waals surface area contributed by atoms with Gasteiger partial charge in [0.15, 0.2) is 11.5 Å². The van der Waals surface area contributed by atoms with Crippen LogP contribution >= 0.6 is 0 Å². The largest absolute Gasteiger partial charge is 0.493 e. The fraction of sp³-hybridized carbons (Fsp3) is 0.500. The first-order valence-corrected chi connectivity index (χ1v) is 9.23. The number of benzene rings is 1. The Balaban J connectivity index is 2.51. The summed E-state index contributed by atoms with van der Waals surface area (Å²) in [5.74, 6) is 0.697. The molecule has 0 fully saturated rings. The van der Waals surface area contributed by atoms with Crippen LogP contribution in [0.4, 0.5) is 4.79 Å². The smallest absolute Gasteiger partial charge is 0.338 e. The highest BCUT2D eigenvalue weighted by Gasteiger charge is 2.34. The van der Waals surface area contributed by atoms with Crippen molar-refractivity contribution in [3.63, 3.8) is 0 Å². The second kappa shape index (κ2) is 9.30. The molecule has 1 aromatic carbocycles. The Bertz CT molecular complexity index is 727. The van der Waals surface area contributed by atoms with Crippen molar-refractivity contribution in [2.24, 2.45) is 0 Å². The molecule has 1 aliphatic heterocycles. The van der Waals surface area contributed by atoms with Gasteiger partial charge in [0.25, 0.3) is 0 Å². The average Bonchev–Trinajstić information content (AvgIpc) is 2.61. The van der Waals surface area contributed by atoms with Crippen LogP contribution < -0.4 is 20.1 Å². The molecule has 1 aliphatic rings. The first-order chi connectivity index (χ1) is 12.9. The fourth-order valence-electron chi connectivity index (χ4n) is 2.97. The molecule has 7 nitrogen and oxygen atoms in total. The van der Waals surface area contributed by atoms with Gasteiger partial charge in [-0.15, -0.1) is 0 Å². The van der Waals surface area contributed by atoms with Crippen LogP contribution in [0.25, 0.3) is 0 Å². The van der Waals surface area contributed by atoms with E-state index in [1.807, 2.05) is 19.9 Å². The molecule has 1 heterocycles. The van der Waals surface area contributed by atoms with E-state index in [-0.39, 0.29) is 12.1 Å². The number of hydrogen-bond acceptors (Lipinski definition) is 5. The van der Waals surface area contributed by atoms with E-state index in [1.165, 1.54) is 0 Å². The summed E-state index contributed by atoms with van der Waals surface area (Å²) in [4.78, 5) is 25.0. The van der Waals surface area contributed by atoms with Crippen molar-refractivity contribution in [3.8, 4) is 11.5 Å². The molecule has 1 atom stereocenters. The third kappa shape index (κ3) is 4.93. The Kier molecular flexibility index (Phi) is 7.10. The number of rotatable bonds is 8. The zero-order valence-electron chi connectivity index (χ0n) is 16.5. The molecule has 27 heavy (non-hydrogen) atoms. The van der Waals surface area contributed by atoms with Gasteiger partial charge in [-0.3, -0.25) is 0 Å². The first-order valence-electron chi connectivity index (χ1n) is 9.23. The Hall–Kier alpha value is -2.70. The average molecular weight is 376 g/mol. The van der Waals surface area contributed by atoms with E-state index < -0.39 is 12.0 Å². The number of amides is 2. The van der Waals surface area contributed by atoms with Crippen molar-refractivity contribution >= 4 is 12.0 Å². The molecular formula is C20H28N2O5. The molecule has 2 rings (SSSR count). The summed E-state index contributed by atoms with van der Waals surface area (Å²) < 4.78 is 16.4. The molecule has 1 aromatic rings. The van der Waals surface area contributed by atoms with Crippen LogP contribution in [0.5, 0.6) is 11.5 Å². The summed E-state index contributed by atoms with van der Waals surface area (Å²) in [5.41, 5.74) is 1.72. The number of nitrogens with one attached hydrogen (secondary N) is 2. The summed E-state index contributed by atoms with van der Waals surface area (Å²) in [6, 6.07) is 4.38. The lowest BCUT2D eigenvalue weighted by Crippen LogP contribution is -2.46. The summed E-state index contributed by atoms with van der Waals surface area (Å²) in [6.45, 7) is 7.97. The Labute approximate surface area is 160 Å². The van der Waals surface area contributed by atoms with Crippen LogP contribution in [-0.2, 0) is 9.53 Å². The minimum atomic E-state index is -0.629. The van der Waals surface area contributed by atoms with Crippen LogP contribution in [0.15, 0.2) is 29.5 Å². The quantitative estimate of drug-likeness (QED) is 0.679. The standard InChI is InChI=1S/C20H28N2O5/c1-6-8-14-17(19(23)27-12(3)4)18(22-20(24)21-14)13-9-10-15(26-7-2)16(11-13)25-5/h9-12,18H,6-8H2,1-5H3,(H2,21,22,24). The molecule has 7 heteroatoms. The molecule has 0 aromatic heterocycles. The highest BCUT2D eigenvalue weighted by Crippen LogP contribution is 2.35. The lowest BCUT2D eigenvalue weighted by molar-refractivity contribution is -0.143. The maximum atomic E-state index is 12.8. The molecule has 0 saturated heterocycles. The molecule has 0 bridgehead atoms. The van der Waals surface area contributed by atoms with E-state index in [9.17, 15) is 9.59 Å². The monoisotopic (exact) mass is 376 g/mol. The van der Waals surface area contributed by atoms with Gasteiger partial charge in [-0.25, -0.2) is 9.59 Å². The van der Waals surface area contributed by atoms with Crippen molar-refractivity contribution in [3.05, 3.63) is 35.0 Å². The Morgan fingerprint density at radius 2 is 1.96 bits per heavy atom. The van der Waals surface area contributed by atoms with Gasteiger partial charge in [-0.05, 0) is 44.9 Å². The number of methoxy groups -OCH3 is 1. The number of ether oxygens (including phenoxy) is 3. The highest BCUT2D eigenvalue weighted by molar-refractivity contribution is 5.95. The van der Waals surface area contributed by atoms with Crippen LogP contribution in [0.3, 0.4) is 0 Å². The van der Waals surface area contributed by atoms with E-state index in [4.69, 9.17) is 14.2 Å². The minimum Gasteiger partial charge on any atom is -0.493 e. The van der Waals surface area contributed by atoms with E-state index in [0.29, 0.717) is 35.8 Å². The first kappa shape index (κ1) is 20.6. The molecule has 0 radical (unpaired) electrons. The van der Waals surface area contributed by atoms with Crippen molar-refractivity contribution in [1.82, 2.24) is 10.6 Å². The van der Waals surface area contributed by atoms with Crippen molar-refractivity contribution in [1.29, 1.82) is 0 Å². The zero-order valence-corrected chi connectivity index (χ0v) is 16.5. The maximum absolute atomic E-state index is 12.8. The normalized spacial score (nSPS) is 16.7. The lowest BCUT2D eigenvalue weighted by atomic mass is 9.93. The molecular weight excluding hydrogens is 348 g/mol. The van der Waals surface area contributed by atoms with Gasteiger partial charge in [-0.1, -0.05) is 19.4 Å². The van der Waals surface area contributed by atoms with Gasteiger partial charge < -0.3 is 24.8 Å². The number of allylic oxidation sites excluding steroid dienone is 1. The summed E-state index contributed by atoms with van der Waals surface area (Å²) in [5, 5.41) is 5.58. The number of urea groups is 1. The van der Waals surface area contributed by atoms with Gasteiger partial charge in [0, 0.05) is 5.70 Å². The number of hydrogen-bond donors (Lipinski definition) is 2. The molecule has 0 aliphatic carbocycles. The minimum absolute atomic E-state index is 0.263. The number of carbonyl (C=O) groups is 2. The van der Waals surface area contributed by atoms with Gasteiger partial charge >= 0.3 is 12.0 Å². The van der Waals surface area contributed by atoms with Crippen LogP contribution in [-0.4, -0.2) is 31.8 Å². The highest BCUT2D eigenvalue weighted by atomic mass is 16.5. The van der Waals surface area contributed by atoms with Gasteiger partial charge in [-0.2, -0.15) is 0 Å². The molecule has 148 valence electrons. The molecule has 0 spiro atoms. The Morgan fingerprint density at radius 3 is 2.56 bits per heavy atom. The third-order valence-corrected chi connectivity index (χ3v) is 4.04.